The minimum absolute atomic E-state index is 0.555. The predicted octanol–water partition coefficient (Wildman–Crippen LogP) is 2.53. The summed E-state index contributed by atoms with van der Waals surface area (Å²) in [4.78, 5) is 9.87. The molecule has 0 amide bonds. The summed E-state index contributed by atoms with van der Waals surface area (Å²) in [6.45, 7) is 6.08. The van der Waals surface area contributed by atoms with Gasteiger partial charge in [0.1, 0.15) is 5.94 Å². The molecule has 11 heavy (non-hydrogen) atoms. The van der Waals surface area contributed by atoms with Crippen molar-refractivity contribution in [3.05, 3.63) is 29.9 Å². The molecular weight excluding hydrogens is 136 g/mol. The van der Waals surface area contributed by atoms with Gasteiger partial charge in [0.05, 0.1) is 0 Å². The van der Waals surface area contributed by atoms with Crippen LogP contribution in [-0.2, 0) is 4.79 Å². The van der Waals surface area contributed by atoms with Crippen molar-refractivity contribution < 1.29 is 4.79 Å². The van der Waals surface area contributed by atoms with Crippen molar-refractivity contribution in [3.8, 4) is 0 Å². The van der Waals surface area contributed by atoms with Crippen LogP contribution in [0.2, 0.25) is 0 Å². The first-order chi connectivity index (χ1) is 5.16. The molecule has 0 aliphatic rings. The zero-order chi connectivity index (χ0) is 8.69. The third kappa shape index (κ3) is 6.82. The van der Waals surface area contributed by atoms with Gasteiger partial charge in [-0.25, -0.2) is 4.79 Å². The molecule has 0 fully saturated rings. The summed E-state index contributed by atoms with van der Waals surface area (Å²) in [6.07, 6.45) is 7.34. The Bertz CT molecular complexity index is 203. The fourth-order valence-electron chi connectivity index (χ4n) is 0.571. The third-order valence-electron chi connectivity index (χ3n) is 1.14. The van der Waals surface area contributed by atoms with Crippen LogP contribution in [0.25, 0.3) is 0 Å². The van der Waals surface area contributed by atoms with E-state index < -0.39 is 0 Å². The van der Waals surface area contributed by atoms with Crippen molar-refractivity contribution in [2.45, 2.75) is 20.8 Å². The first kappa shape index (κ1) is 9.93. The first-order valence-electron chi connectivity index (χ1n) is 3.72. The normalized spacial score (nSPS) is 12.2. The highest BCUT2D eigenvalue weighted by Crippen LogP contribution is 1.96. The van der Waals surface area contributed by atoms with Crippen LogP contribution in [0.5, 0.6) is 0 Å². The molecule has 0 atom stereocenters. The number of hydrogen-bond donors (Lipinski definition) is 0. The van der Waals surface area contributed by atoms with E-state index in [0.29, 0.717) is 5.92 Å². The van der Waals surface area contributed by atoms with Gasteiger partial charge in [0, 0.05) is 6.08 Å². The highest BCUT2D eigenvalue weighted by molar-refractivity contribution is 5.52. The van der Waals surface area contributed by atoms with Gasteiger partial charge >= 0.3 is 0 Å². The van der Waals surface area contributed by atoms with Gasteiger partial charge in [-0.1, -0.05) is 32.1 Å². The number of allylic oxidation sites excluding steroid dienone is 5. The maximum atomic E-state index is 9.87. The summed E-state index contributed by atoms with van der Waals surface area (Å²) in [7, 11) is 0. The SMILES string of the molecule is CC(C=C=O)=CC=CC(C)C. The van der Waals surface area contributed by atoms with E-state index in [1.165, 1.54) is 6.08 Å². The molecule has 0 aliphatic heterocycles. The molecule has 0 heterocycles. The van der Waals surface area contributed by atoms with Gasteiger partial charge in [-0.2, -0.15) is 0 Å². The molecule has 0 rings (SSSR count). The van der Waals surface area contributed by atoms with Crippen LogP contribution in [0.15, 0.2) is 29.9 Å². The Morgan fingerprint density at radius 2 is 2.09 bits per heavy atom. The molecule has 0 aliphatic carbocycles. The van der Waals surface area contributed by atoms with Gasteiger partial charge < -0.3 is 0 Å². The number of hydrogen-bond acceptors (Lipinski definition) is 1. The summed E-state index contributed by atoms with van der Waals surface area (Å²) in [5.74, 6) is 2.28. The van der Waals surface area contributed by atoms with E-state index in [1.807, 2.05) is 19.1 Å². The van der Waals surface area contributed by atoms with Crippen LogP contribution in [-0.4, -0.2) is 5.94 Å². The molecule has 0 radical (unpaired) electrons. The van der Waals surface area contributed by atoms with Crippen molar-refractivity contribution >= 4 is 5.94 Å². The fraction of sp³-hybridized carbons (Fsp3) is 0.400. The van der Waals surface area contributed by atoms with Crippen molar-refractivity contribution in [2.75, 3.05) is 0 Å². The van der Waals surface area contributed by atoms with Gasteiger partial charge in [-0.15, -0.1) is 0 Å². The van der Waals surface area contributed by atoms with Gasteiger partial charge in [-0.05, 0) is 18.4 Å². The zero-order valence-corrected chi connectivity index (χ0v) is 7.29. The average Bonchev–Trinajstić information content (AvgIpc) is 1.87. The molecule has 0 saturated heterocycles. The highest BCUT2D eigenvalue weighted by atomic mass is 16.1. The van der Waals surface area contributed by atoms with E-state index in [0.717, 1.165) is 5.57 Å². The van der Waals surface area contributed by atoms with Gasteiger partial charge in [0.15, 0.2) is 0 Å². The number of carbonyl (C=O) groups excluding carboxylic acids is 1. The quantitative estimate of drug-likeness (QED) is 0.446. The Morgan fingerprint density at radius 1 is 1.45 bits per heavy atom. The lowest BCUT2D eigenvalue weighted by atomic mass is 10.2. The van der Waals surface area contributed by atoms with Crippen molar-refractivity contribution in [1.82, 2.24) is 0 Å². The molecule has 0 N–H and O–H groups in total. The Balaban J connectivity index is 4.01. The number of rotatable bonds is 3. The summed E-state index contributed by atoms with van der Waals surface area (Å²) < 4.78 is 0. The molecule has 0 bridgehead atoms. The van der Waals surface area contributed by atoms with Crippen LogP contribution in [0, 0.1) is 5.92 Å². The molecule has 0 aromatic heterocycles. The van der Waals surface area contributed by atoms with E-state index in [2.05, 4.69) is 19.9 Å². The molecule has 1 nitrogen and oxygen atoms in total. The van der Waals surface area contributed by atoms with Crippen LogP contribution >= 0.6 is 0 Å². The second-order valence-electron chi connectivity index (χ2n) is 2.80. The zero-order valence-electron chi connectivity index (χ0n) is 7.29. The Labute approximate surface area is 68.1 Å². The van der Waals surface area contributed by atoms with Gasteiger partial charge in [0.25, 0.3) is 0 Å². The van der Waals surface area contributed by atoms with Crippen LogP contribution in [0.3, 0.4) is 0 Å². The standard InChI is InChI=1S/C10H14O/c1-9(2)5-4-6-10(3)7-8-11/h4-7,9H,1-3H3. The molecule has 0 unspecified atom stereocenters. The van der Waals surface area contributed by atoms with Gasteiger partial charge in [0.2, 0.25) is 0 Å². The maximum Gasteiger partial charge on any atom is 0.124 e. The minimum atomic E-state index is 0.555. The summed E-state index contributed by atoms with van der Waals surface area (Å²) >= 11 is 0. The van der Waals surface area contributed by atoms with E-state index >= 15 is 0 Å². The van der Waals surface area contributed by atoms with Crippen LogP contribution in [0.1, 0.15) is 20.8 Å². The smallest absolute Gasteiger partial charge is 0.124 e. The fourth-order valence-corrected chi connectivity index (χ4v) is 0.571. The maximum absolute atomic E-state index is 9.87. The molecule has 0 aromatic rings. The highest BCUT2D eigenvalue weighted by Gasteiger charge is 1.81. The van der Waals surface area contributed by atoms with Crippen molar-refractivity contribution in [3.63, 3.8) is 0 Å². The second kappa shape index (κ2) is 5.70. The van der Waals surface area contributed by atoms with Crippen molar-refractivity contribution in [2.24, 2.45) is 5.92 Å². The first-order valence-corrected chi connectivity index (χ1v) is 3.72. The summed E-state index contributed by atoms with van der Waals surface area (Å²) in [5, 5.41) is 0. The van der Waals surface area contributed by atoms with E-state index in [1.54, 1.807) is 5.94 Å². The lowest BCUT2D eigenvalue weighted by molar-refractivity contribution is 0.569. The lowest BCUT2D eigenvalue weighted by Crippen LogP contribution is -1.75. The van der Waals surface area contributed by atoms with Gasteiger partial charge in [-0.3, -0.25) is 0 Å². The summed E-state index contributed by atoms with van der Waals surface area (Å²) in [6, 6.07) is 0. The summed E-state index contributed by atoms with van der Waals surface area (Å²) in [5.41, 5.74) is 0.928. The monoisotopic (exact) mass is 150 g/mol. The van der Waals surface area contributed by atoms with E-state index in [-0.39, 0.29) is 0 Å². The average molecular weight is 150 g/mol. The lowest BCUT2D eigenvalue weighted by Gasteiger charge is -1.90. The molecule has 0 aromatic carbocycles. The minimum Gasteiger partial charge on any atom is -0.233 e. The predicted molar refractivity (Wildman–Crippen MR) is 48.0 cm³/mol. The van der Waals surface area contributed by atoms with Crippen molar-refractivity contribution in [1.29, 1.82) is 0 Å². The molecule has 0 saturated carbocycles. The second-order valence-corrected chi connectivity index (χ2v) is 2.80. The Kier molecular flexibility index (Phi) is 5.14. The topological polar surface area (TPSA) is 17.1 Å². The molecule has 60 valence electrons. The Morgan fingerprint density at radius 3 is 2.55 bits per heavy atom. The molecular formula is C10H14O. The van der Waals surface area contributed by atoms with Crippen LogP contribution in [0.4, 0.5) is 0 Å². The largest absolute Gasteiger partial charge is 0.233 e. The van der Waals surface area contributed by atoms with E-state index in [9.17, 15) is 4.79 Å². The van der Waals surface area contributed by atoms with E-state index in [4.69, 9.17) is 0 Å². The third-order valence-corrected chi connectivity index (χ3v) is 1.14. The van der Waals surface area contributed by atoms with Crippen LogP contribution < -0.4 is 0 Å². The molecule has 1 heteroatoms. The Hall–Kier alpha value is -1.07. The molecule has 0 spiro atoms.